The molecule has 0 bridgehead atoms. The van der Waals surface area contributed by atoms with Crippen molar-refractivity contribution < 1.29 is 9.59 Å². The summed E-state index contributed by atoms with van der Waals surface area (Å²) in [5.41, 5.74) is 1.31. The van der Waals surface area contributed by atoms with Crippen LogP contribution in [0.5, 0.6) is 0 Å². The summed E-state index contributed by atoms with van der Waals surface area (Å²) in [5, 5.41) is 12.0. The van der Waals surface area contributed by atoms with E-state index in [2.05, 4.69) is 20.8 Å². The highest BCUT2D eigenvalue weighted by Crippen LogP contribution is 2.20. The first-order valence-corrected chi connectivity index (χ1v) is 7.16. The Kier molecular flexibility index (Phi) is 4.04. The van der Waals surface area contributed by atoms with Crippen LogP contribution in [0, 0.1) is 0 Å². The minimum Gasteiger partial charge on any atom is -0.324 e. The van der Waals surface area contributed by atoms with E-state index < -0.39 is 6.04 Å². The third kappa shape index (κ3) is 3.08. The van der Waals surface area contributed by atoms with Crippen LogP contribution < -0.4 is 10.6 Å². The van der Waals surface area contributed by atoms with Crippen molar-refractivity contribution in [1.82, 2.24) is 15.1 Å². The van der Waals surface area contributed by atoms with Crippen LogP contribution in [0.15, 0.2) is 42.7 Å². The molecule has 114 valence electrons. The number of anilines is 2. The predicted octanol–water partition coefficient (Wildman–Crippen LogP) is 2.04. The number of nitrogens with one attached hydrogen (secondary N) is 3. The van der Waals surface area contributed by atoms with Gasteiger partial charge in [0.05, 0.1) is 11.9 Å². The SMILES string of the molecule is O=C(Nc1ccccc1)[C@H]1CCCN1C(=O)Nc1cn[nH]c1. The standard InChI is InChI=1S/C15H17N5O2/c21-14(18-11-5-2-1-3-6-11)13-7-4-8-20(13)15(22)19-12-9-16-17-10-12/h1-3,5-6,9-10,13H,4,7-8H2,(H,16,17)(H,18,21)(H,19,22)/t13-/m1/s1. The lowest BCUT2D eigenvalue weighted by Crippen LogP contribution is -2.45. The van der Waals surface area contributed by atoms with Gasteiger partial charge in [-0.25, -0.2) is 4.79 Å². The van der Waals surface area contributed by atoms with Crippen LogP contribution in [-0.2, 0) is 4.79 Å². The van der Waals surface area contributed by atoms with Crippen molar-refractivity contribution in [2.24, 2.45) is 0 Å². The lowest BCUT2D eigenvalue weighted by Gasteiger charge is -2.23. The summed E-state index contributed by atoms with van der Waals surface area (Å²) in [7, 11) is 0. The van der Waals surface area contributed by atoms with E-state index in [4.69, 9.17) is 0 Å². The molecule has 1 aliphatic rings. The van der Waals surface area contributed by atoms with E-state index >= 15 is 0 Å². The number of carbonyl (C=O) groups excluding carboxylic acids is 2. The Morgan fingerprint density at radius 1 is 1.18 bits per heavy atom. The van der Waals surface area contributed by atoms with Crippen molar-refractivity contribution in [2.75, 3.05) is 17.2 Å². The molecule has 1 atom stereocenters. The number of hydrogen-bond donors (Lipinski definition) is 3. The van der Waals surface area contributed by atoms with Crippen molar-refractivity contribution in [3.8, 4) is 0 Å². The van der Waals surface area contributed by atoms with Gasteiger partial charge in [0, 0.05) is 18.4 Å². The lowest BCUT2D eigenvalue weighted by molar-refractivity contribution is -0.119. The molecule has 1 aromatic heterocycles. The number of H-pyrrole nitrogens is 1. The highest BCUT2D eigenvalue weighted by atomic mass is 16.2. The van der Waals surface area contributed by atoms with E-state index in [1.165, 1.54) is 6.20 Å². The van der Waals surface area contributed by atoms with E-state index in [1.54, 1.807) is 11.1 Å². The minimum absolute atomic E-state index is 0.161. The van der Waals surface area contributed by atoms with Gasteiger partial charge in [-0.15, -0.1) is 0 Å². The van der Waals surface area contributed by atoms with Crippen LogP contribution in [0.3, 0.4) is 0 Å². The van der Waals surface area contributed by atoms with Crippen molar-refractivity contribution in [3.05, 3.63) is 42.7 Å². The fourth-order valence-electron chi connectivity index (χ4n) is 2.54. The van der Waals surface area contributed by atoms with Gasteiger partial charge < -0.3 is 15.5 Å². The number of amides is 3. The maximum atomic E-state index is 12.4. The number of benzene rings is 1. The fraction of sp³-hybridized carbons (Fsp3) is 0.267. The number of aromatic nitrogens is 2. The quantitative estimate of drug-likeness (QED) is 0.810. The number of hydrogen-bond acceptors (Lipinski definition) is 3. The number of para-hydroxylation sites is 1. The molecule has 0 saturated carbocycles. The zero-order valence-corrected chi connectivity index (χ0v) is 12.0. The number of nitrogens with zero attached hydrogens (tertiary/aromatic N) is 2. The lowest BCUT2D eigenvalue weighted by atomic mass is 10.2. The predicted molar refractivity (Wildman–Crippen MR) is 82.4 cm³/mol. The molecule has 7 heteroatoms. The third-order valence-electron chi connectivity index (χ3n) is 3.61. The van der Waals surface area contributed by atoms with E-state index in [-0.39, 0.29) is 11.9 Å². The highest BCUT2D eigenvalue weighted by Gasteiger charge is 2.34. The Morgan fingerprint density at radius 2 is 2.00 bits per heavy atom. The second-order valence-electron chi connectivity index (χ2n) is 5.12. The average Bonchev–Trinajstić information content (AvgIpc) is 3.19. The molecule has 0 unspecified atom stereocenters. The first-order valence-electron chi connectivity index (χ1n) is 7.16. The monoisotopic (exact) mass is 299 g/mol. The maximum absolute atomic E-state index is 12.4. The molecule has 3 rings (SSSR count). The third-order valence-corrected chi connectivity index (χ3v) is 3.61. The summed E-state index contributed by atoms with van der Waals surface area (Å²) < 4.78 is 0. The zero-order valence-electron chi connectivity index (χ0n) is 12.0. The van der Waals surface area contributed by atoms with Crippen LogP contribution >= 0.6 is 0 Å². The van der Waals surface area contributed by atoms with E-state index in [0.29, 0.717) is 18.7 Å². The number of rotatable bonds is 3. The van der Waals surface area contributed by atoms with Gasteiger partial charge in [-0.2, -0.15) is 5.10 Å². The Hall–Kier alpha value is -2.83. The van der Waals surface area contributed by atoms with Gasteiger partial charge in [-0.05, 0) is 25.0 Å². The summed E-state index contributed by atoms with van der Waals surface area (Å²) in [6.45, 7) is 0.566. The molecular weight excluding hydrogens is 282 g/mol. The molecule has 0 radical (unpaired) electrons. The molecule has 22 heavy (non-hydrogen) atoms. The second-order valence-corrected chi connectivity index (χ2v) is 5.12. The van der Waals surface area contributed by atoms with Crippen LogP contribution in [0.4, 0.5) is 16.2 Å². The number of urea groups is 1. The van der Waals surface area contributed by atoms with Crippen molar-refractivity contribution >= 4 is 23.3 Å². The van der Waals surface area contributed by atoms with Crippen LogP contribution in [0.2, 0.25) is 0 Å². The topological polar surface area (TPSA) is 90.1 Å². The molecule has 3 amide bonds. The summed E-state index contributed by atoms with van der Waals surface area (Å²) in [6, 6.07) is 8.50. The van der Waals surface area contributed by atoms with Gasteiger partial charge in [0.2, 0.25) is 5.91 Å². The molecule has 1 aromatic carbocycles. The van der Waals surface area contributed by atoms with Crippen LogP contribution in [0.1, 0.15) is 12.8 Å². The maximum Gasteiger partial charge on any atom is 0.322 e. The number of carbonyl (C=O) groups is 2. The Labute approximate surface area is 127 Å². The van der Waals surface area contributed by atoms with Gasteiger partial charge in [0.25, 0.3) is 0 Å². The molecule has 1 saturated heterocycles. The first-order chi connectivity index (χ1) is 10.7. The number of likely N-dealkylation sites (tertiary alicyclic amines) is 1. The second kappa shape index (κ2) is 6.30. The van der Waals surface area contributed by atoms with Gasteiger partial charge in [0.1, 0.15) is 6.04 Å². The smallest absolute Gasteiger partial charge is 0.322 e. The number of aromatic amines is 1. The molecule has 2 aromatic rings. The van der Waals surface area contributed by atoms with E-state index in [9.17, 15) is 9.59 Å². The summed E-state index contributed by atoms with van der Waals surface area (Å²) in [4.78, 5) is 26.2. The van der Waals surface area contributed by atoms with Gasteiger partial charge in [-0.3, -0.25) is 9.89 Å². The fourth-order valence-corrected chi connectivity index (χ4v) is 2.54. The zero-order chi connectivity index (χ0) is 15.4. The average molecular weight is 299 g/mol. The summed E-state index contributed by atoms with van der Waals surface area (Å²) >= 11 is 0. The molecular formula is C15H17N5O2. The molecule has 0 aliphatic carbocycles. The summed E-state index contributed by atoms with van der Waals surface area (Å²) in [5.74, 6) is -0.161. The Morgan fingerprint density at radius 3 is 2.73 bits per heavy atom. The van der Waals surface area contributed by atoms with Gasteiger partial charge in [-0.1, -0.05) is 18.2 Å². The first kappa shape index (κ1) is 14.1. The molecule has 1 fully saturated rings. The van der Waals surface area contributed by atoms with Gasteiger partial charge in [0.15, 0.2) is 0 Å². The van der Waals surface area contributed by atoms with Gasteiger partial charge >= 0.3 is 6.03 Å². The molecule has 3 N–H and O–H groups in total. The van der Waals surface area contributed by atoms with Crippen molar-refractivity contribution in [3.63, 3.8) is 0 Å². The Bertz CT molecular complexity index is 641. The summed E-state index contributed by atoms with van der Waals surface area (Å²) in [6.07, 6.45) is 4.59. The molecule has 7 nitrogen and oxygen atoms in total. The minimum atomic E-state index is -0.452. The molecule has 0 spiro atoms. The highest BCUT2D eigenvalue weighted by molar-refractivity contribution is 5.99. The molecule has 2 heterocycles. The van der Waals surface area contributed by atoms with Crippen LogP contribution in [0.25, 0.3) is 0 Å². The van der Waals surface area contributed by atoms with Crippen molar-refractivity contribution in [2.45, 2.75) is 18.9 Å². The van der Waals surface area contributed by atoms with E-state index in [1.807, 2.05) is 30.3 Å². The largest absolute Gasteiger partial charge is 0.324 e. The molecule has 1 aliphatic heterocycles. The van der Waals surface area contributed by atoms with Crippen LogP contribution in [-0.4, -0.2) is 39.6 Å². The van der Waals surface area contributed by atoms with E-state index in [0.717, 1.165) is 12.1 Å². The van der Waals surface area contributed by atoms with Crippen molar-refractivity contribution in [1.29, 1.82) is 0 Å². The Balaban J connectivity index is 1.64. The normalized spacial score (nSPS) is 17.3.